The fourth-order valence-electron chi connectivity index (χ4n) is 3.84. The van der Waals surface area contributed by atoms with Crippen molar-refractivity contribution in [3.8, 4) is 0 Å². The highest BCUT2D eigenvalue weighted by atomic mass is 32.1. The smallest absolute Gasteiger partial charge is 0.315 e. The zero-order valence-corrected chi connectivity index (χ0v) is 16.9. The summed E-state index contributed by atoms with van der Waals surface area (Å²) >= 11 is 1.76. The molecule has 28 heavy (non-hydrogen) atoms. The number of fused-ring (bicyclic) bond motifs is 1. The third-order valence-electron chi connectivity index (χ3n) is 5.39. The molecular formula is C23H27N3OS. The molecule has 2 heterocycles. The Morgan fingerprint density at radius 2 is 1.68 bits per heavy atom. The van der Waals surface area contributed by atoms with Crippen molar-refractivity contribution < 1.29 is 4.79 Å². The van der Waals surface area contributed by atoms with Gasteiger partial charge in [-0.25, -0.2) is 4.79 Å². The molecule has 0 aliphatic carbocycles. The first-order valence-electron chi connectivity index (χ1n) is 10.1. The molecule has 1 saturated heterocycles. The first-order valence-corrected chi connectivity index (χ1v) is 10.9. The number of rotatable bonds is 7. The summed E-state index contributed by atoms with van der Waals surface area (Å²) in [5.74, 6) is 0. The van der Waals surface area contributed by atoms with Crippen molar-refractivity contribution in [2.45, 2.75) is 32.4 Å². The zero-order chi connectivity index (χ0) is 19.2. The Morgan fingerprint density at radius 1 is 0.929 bits per heavy atom. The first kappa shape index (κ1) is 19.0. The van der Waals surface area contributed by atoms with Crippen LogP contribution in [0, 0.1) is 0 Å². The molecular weight excluding hydrogens is 366 g/mol. The van der Waals surface area contributed by atoms with Crippen molar-refractivity contribution in [1.82, 2.24) is 15.5 Å². The number of amides is 2. The van der Waals surface area contributed by atoms with E-state index in [0.29, 0.717) is 13.1 Å². The van der Waals surface area contributed by atoms with E-state index in [-0.39, 0.29) is 6.03 Å². The van der Waals surface area contributed by atoms with E-state index in [1.165, 1.54) is 52.7 Å². The van der Waals surface area contributed by atoms with Crippen LogP contribution in [0.3, 0.4) is 0 Å². The lowest BCUT2D eigenvalue weighted by Gasteiger charge is -2.17. The van der Waals surface area contributed by atoms with Gasteiger partial charge in [0.1, 0.15) is 0 Å². The molecule has 146 valence electrons. The molecule has 0 spiro atoms. The van der Waals surface area contributed by atoms with E-state index in [0.717, 1.165) is 13.0 Å². The van der Waals surface area contributed by atoms with Crippen molar-refractivity contribution in [2.75, 3.05) is 19.6 Å². The summed E-state index contributed by atoms with van der Waals surface area (Å²) in [4.78, 5) is 14.7. The number of carbonyl (C=O) groups excluding carboxylic acids is 1. The van der Waals surface area contributed by atoms with Crippen LogP contribution < -0.4 is 10.6 Å². The Labute approximate surface area is 170 Å². The van der Waals surface area contributed by atoms with Crippen molar-refractivity contribution in [3.63, 3.8) is 0 Å². The van der Waals surface area contributed by atoms with Gasteiger partial charge in [-0.15, -0.1) is 11.3 Å². The molecule has 4 nitrogen and oxygen atoms in total. The van der Waals surface area contributed by atoms with Crippen LogP contribution in [0.25, 0.3) is 10.1 Å². The molecule has 5 heteroatoms. The van der Waals surface area contributed by atoms with Gasteiger partial charge < -0.3 is 10.6 Å². The van der Waals surface area contributed by atoms with E-state index < -0.39 is 0 Å². The van der Waals surface area contributed by atoms with Gasteiger partial charge in [-0.3, -0.25) is 4.90 Å². The lowest BCUT2D eigenvalue weighted by atomic mass is 10.1. The predicted molar refractivity (Wildman–Crippen MR) is 117 cm³/mol. The highest BCUT2D eigenvalue weighted by molar-refractivity contribution is 7.17. The number of hydrogen-bond donors (Lipinski definition) is 2. The van der Waals surface area contributed by atoms with Gasteiger partial charge in [0.15, 0.2) is 0 Å². The summed E-state index contributed by atoms with van der Waals surface area (Å²) in [5.41, 5.74) is 3.82. The summed E-state index contributed by atoms with van der Waals surface area (Å²) in [6.45, 7) is 4.54. The molecule has 1 fully saturated rings. The van der Waals surface area contributed by atoms with Gasteiger partial charge >= 0.3 is 6.03 Å². The molecule has 0 bridgehead atoms. The Kier molecular flexibility index (Phi) is 6.24. The van der Waals surface area contributed by atoms with E-state index in [4.69, 9.17) is 0 Å². The van der Waals surface area contributed by atoms with Gasteiger partial charge in [-0.1, -0.05) is 42.5 Å². The Hall–Kier alpha value is -2.37. The second kappa shape index (κ2) is 9.22. The van der Waals surface area contributed by atoms with Crippen molar-refractivity contribution in [2.24, 2.45) is 0 Å². The number of carbonyl (C=O) groups is 1. The molecule has 4 rings (SSSR count). The molecule has 1 aliphatic heterocycles. The lowest BCUT2D eigenvalue weighted by Crippen LogP contribution is -2.36. The molecule has 0 radical (unpaired) electrons. The van der Waals surface area contributed by atoms with E-state index >= 15 is 0 Å². The largest absolute Gasteiger partial charge is 0.338 e. The van der Waals surface area contributed by atoms with Crippen LogP contribution in [0.15, 0.2) is 53.9 Å². The topological polar surface area (TPSA) is 44.4 Å². The summed E-state index contributed by atoms with van der Waals surface area (Å²) in [7, 11) is 0. The third kappa shape index (κ3) is 4.72. The summed E-state index contributed by atoms with van der Waals surface area (Å²) in [6, 6.07) is 16.7. The maximum Gasteiger partial charge on any atom is 0.315 e. The lowest BCUT2D eigenvalue weighted by molar-refractivity contribution is 0.240. The first-order chi connectivity index (χ1) is 13.8. The number of nitrogens with zero attached hydrogens (tertiary/aromatic N) is 1. The van der Waals surface area contributed by atoms with Crippen molar-refractivity contribution in [3.05, 3.63) is 70.6 Å². The minimum atomic E-state index is -0.101. The number of likely N-dealkylation sites (tertiary alicyclic amines) is 1. The maximum atomic E-state index is 12.2. The molecule has 1 aromatic heterocycles. The highest BCUT2D eigenvalue weighted by Gasteiger charge is 2.13. The van der Waals surface area contributed by atoms with Gasteiger partial charge in [0.25, 0.3) is 0 Å². The Balaban J connectivity index is 1.25. The van der Waals surface area contributed by atoms with Gasteiger partial charge in [0.2, 0.25) is 0 Å². The fourth-order valence-corrected chi connectivity index (χ4v) is 4.84. The second-order valence-electron chi connectivity index (χ2n) is 7.37. The zero-order valence-electron chi connectivity index (χ0n) is 16.1. The molecule has 2 amide bonds. The summed E-state index contributed by atoms with van der Waals surface area (Å²) in [5, 5.41) is 9.50. The van der Waals surface area contributed by atoms with Gasteiger partial charge in [0, 0.05) is 24.3 Å². The van der Waals surface area contributed by atoms with Gasteiger partial charge in [0.05, 0.1) is 0 Å². The van der Waals surface area contributed by atoms with Crippen LogP contribution in [-0.4, -0.2) is 30.6 Å². The monoisotopic (exact) mass is 393 g/mol. The van der Waals surface area contributed by atoms with Crippen molar-refractivity contribution >= 4 is 27.5 Å². The third-order valence-corrected chi connectivity index (χ3v) is 6.40. The number of benzene rings is 2. The predicted octanol–water partition coefficient (Wildman–Crippen LogP) is 4.54. The number of hydrogen-bond acceptors (Lipinski definition) is 3. The highest BCUT2D eigenvalue weighted by Crippen LogP contribution is 2.25. The SMILES string of the molecule is O=C(NCCc1csc2ccccc12)NCc1ccccc1CN1CCCC1. The molecule has 3 aromatic rings. The summed E-state index contributed by atoms with van der Waals surface area (Å²) < 4.78 is 1.30. The van der Waals surface area contributed by atoms with Crippen LogP contribution in [0.4, 0.5) is 4.79 Å². The average Bonchev–Trinajstić information content (AvgIpc) is 3.38. The standard InChI is InChI=1S/C23H27N3OS/c27-23(24-12-11-20-17-28-22-10-4-3-9-21(20)22)25-15-18-7-1-2-8-19(18)16-26-13-5-6-14-26/h1-4,7-10,17H,5-6,11-16H2,(H2,24,25,27). The number of urea groups is 1. The van der Waals surface area contributed by atoms with Gasteiger partial charge in [-0.2, -0.15) is 0 Å². The maximum absolute atomic E-state index is 12.2. The minimum Gasteiger partial charge on any atom is -0.338 e. The molecule has 0 atom stereocenters. The fraction of sp³-hybridized carbons (Fsp3) is 0.348. The van der Waals surface area contributed by atoms with E-state index in [1.54, 1.807) is 11.3 Å². The Morgan fingerprint density at radius 3 is 2.54 bits per heavy atom. The quantitative estimate of drug-likeness (QED) is 0.619. The summed E-state index contributed by atoms with van der Waals surface area (Å²) in [6.07, 6.45) is 3.44. The molecule has 1 aliphatic rings. The van der Waals surface area contributed by atoms with Crippen LogP contribution >= 0.6 is 11.3 Å². The normalized spacial score (nSPS) is 14.4. The minimum absolute atomic E-state index is 0.101. The Bertz CT molecular complexity index is 930. The molecule has 2 N–H and O–H groups in total. The van der Waals surface area contributed by atoms with E-state index in [2.05, 4.69) is 63.4 Å². The number of nitrogens with one attached hydrogen (secondary N) is 2. The van der Waals surface area contributed by atoms with Gasteiger partial charge in [-0.05, 0) is 65.9 Å². The van der Waals surface area contributed by atoms with Crippen LogP contribution in [-0.2, 0) is 19.5 Å². The van der Waals surface area contributed by atoms with Crippen molar-refractivity contribution in [1.29, 1.82) is 0 Å². The average molecular weight is 394 g/mol. The number of thiophene rings is 1. The van der Waals surface area contributed by atoms with Crippen LogP contribution in [0.2, 0.25) is 0 Å². The second-order valence-corrected chi connectivity index (χ2v) is 8.28. The molecule has 2 aromatic carbocycles. The molecule has 0 saturated carbocycles. The molecule has 0 unspecified atom stereocenters. The van der Waals surface area contributed by atoms with Crippen LogP contribution in [0.5, 0.6) is 0 Å². The van der Waals surface area contributed by atoms with E-state index in [1.807, 2.05) is 6.07 Å². The van der Waals surface area contributed by atoms with Crippen LogP contribution in [0.1, 0.15) is 29.5 Å². The van der Waals surface area contributed by atoms with E-state index in [9.17, 15) is 4.79 Å².